The molecule has 7 heteroatoms. The number of hydrogen-bond acceptors (Lipinski definition) is 6. The van der Waals surface area contributed by atoms with E-state index in [0.717, 1.165) is 0 Å². The Bertz CT molecular complexity index is 980. The van der Waals surface area contributed by atoms with Crippen LogP contribution in [-0.2, 0) is 23.9 Å². The molecule has 0 aromatic heterocycles. The topological polar surface area (TPSA) is 81.7 Å². The average molecular weight is 429 g/mol. The number of carbonyl (C=O) groups excluding carboxylic acids is 3. The van der Waals surface area contributed by atoms with Gasteiger partial charge in [0.15, 0.2) is 5.78 Å². The first kappa shape index (κ1) is 22.7. The number of dihydropyridines is 1. The zero-order valence-corrected chi connectivity index (χ0v) is 18.5. The minimum atomic E-state index is -1.01. The molecule has 0 bridgehead atoms. The molecule has 4 atom stereocenters. The fraction of sp³-hybridized carbons (Fsp3) is 0.458. The number of benzene rings is 1. The Labute approximate surface area is 181 Å². The Kier molecular flexibility index (Phi) is 6.62. The fourth-order valence-electron chi connectivity index (χ4n) is 4.30. The predicted octanol–water partition coefficient (Wildman–Crippen LogP) is 3.78. The Hall–Kier alpha value is -2.96. The van der Waals surface area contributed by atoms with E-state index in [-0.39, 0.29) is 28.7 Å². The molecule has 0 saturated carbocycles. The Morgan fingerprint density at radius 2 is 1.97 bits per heavy atom. The second-order valence-corrected chi connectivity index (χ2v) is 8.18. The van der Waals surface area contributed by atoms with Crippen molar-refractivity contribution in [3.05, 3.63) is 58.2 Å². The van der Waals surface area contributed by atoms with Crippen LogP contribution >= 0.6 is 0 Å². The lowest BCUT2D eigenvalue weighted by Crippen LogP contribution is -2.43. The molecule has 0 radical (unpaired) electrons. The molecule has 2 aliphatic rings. The zero-order chi connectivity index (χ0) is 22.9. The molecular weight excluding hydrogens is 401 g/mol. The summed E-state index contributed by atoms with van der Waals surface area (Å²) in [7, 11) is 1.23. The van der Waals surface area contributed by atoms with Crippen molar-refractivity contribution in [1.29, 1.82) is 0 Å². The van der Waals surface area contributed by atoms with Gasteiger partial charge in [0.2, 0.25) is 0 Å². The summed E-state index contributed by atoms with van der Waals surface area (Å²) in [5, 5.41) is 3.16. The van der Waals surface area contributed by atoms with Gasteiger partial charge in [0.1, 0.15) is 11.7 Å². The maximum Gasteiger partial charge on any atom is 0.337 e. The number of rotatable bonds is 5. The van der Waals surface area contributed by atoms with Crippen LogP contribution in [0.15, 0.2) is 46.8 Å². The summed E-state index contributed by atoms with van der Waals surface area (Å²) in [5.74, 6) is -4.52. The summed E-state index contributed by atoms with van der Waals surface area (Å²) in [6, 6.07) is 6.04. The van der Waals surface area contributed by atoms with E-state index in [4.69, 9.17) is 9.47 Å². The van der Waals surface area contributed by atoms with Crippen LogP contribution in [0.3, 0.4) is 0 Å². The quantitative estimate of drug-likeness (QED) is 0.567. The molecule has 6 nitrogen and oxygen atoms in total. The van der Waals surface area contributed by atoms with Crippen molar-refractivity contribution >= 4 is 17.7 Å². The largest absolute Gasteiger partial charge is 0.468 e. The smallest absolute Gasteiger partial charge is 0.337 e. The number of allylic oxidation sites excluding steroid dienone is 3. The van der Waals surface area contributed by atoms with Gasteiger partial charge in [-0.15, -0.1) is 0 Å². The van der Waals surface area contributed by atoms with Gasteiger partial charge < -0.3 is 14.8 Å². The number of esters is 2. The van der Waals surface area contributed by atoms with E-state index in [1.807, 2.05) is 6.92 Å². The van der Waals surface area contributed by atoms with Gasteiger partial charge in [-0.2, -0.15) is 0 Å². The normalized spacial score (nSPS) is 24.3. The minimum absolute atomic E-state index is 0.177. The van der Waals surface area contributed by atoms with Crippen LogP contribution in [0.25, 0.3) is 0 Å². The molecule has 0 saturated heterocycles. The highest BCUT2D eigenvalue weighted by Gasteiger charge is 2.47. The standard InChI is InChI=1S/C24H28FNO5/c1-6-13(3)31-24(29)19-14(4)26-17-11-12(2)18(23(28)30-5)22(27)21(17)20(19)15-9-7-8-10-16(15)25/h7-10,12-13,18,20,26H,6,11H2,1-5H3/t12-,13+,18+,20+/m0/s1. The summed E-state index contributed by atoms with van der Waals surface area (Å²) >= 11 is 0. The third-order valence-corrected chi connectivity index (χ3v) is 6.06. The van der Waals surface area contributed by atoms with Crippen molar-refractivity contribution in [3.8, 4) is 0 Å². The molecule has 1 aliphatic heterocycles. The maximum absolute atomic E-state index is 14.9. The van der Waals surface area contributed by atoms with Crippen LogP contribution < -0.4 is 5.32 Å². The predicted molar refractivity (Wildman–Crippen MR) is 112 cm³/mol. The highest BCUT2D eigenvalue weighted by atomic mass is 19.1. The van der Waals surface area contributed by atoms with Crippen LogP contribution in [0.5, 0.6) is 0 Å². The number of ether oxygens (including phenoxy) is 2. The third kappa shape index (κ3) is 4.13. The monoisotopic (exact) mass is 429 g/mol. The van der Waals surface area contributed by atoms with Crippen molar-refractivity contribution in [2.45, 2.75) is 52.6 Å². The third-order valence-electron chi connectivity index (χ3n) is 6.06. The molecule has 0 spiro atoms. The summed E-state index contributed by atoms with van der Waals surface area (Å²) in [5.41, 5.74) is 1.70. The molecule has 166 valence electrons. The van der Waals surface area contributed by atoms with Crippen molar-refractivity contribution < 1.29 is 28.2 Å². The molecule has 31 heavy (non-hydrogen) atoms. The first-order valence-electron chi connectivity index (χ1n) is 10.5. The van der Waals surface area contributed by atoms with E-state index in [1.54, 1.807) is 39.0 Å². The van der Waals surface area contributed by atoms with Crippen molar-refractivity contribution in [1.82, 2.24) is 5.32 Å². The number of Topliss-reactive ketones (excluding diaryl/α,β-unsaturated/α-hetero) is 1. The Balaban J connectivity index is 2.18. The maximum atomic E-state index is 14.9. The molecule has 0 fully saturated rings. The number of nitrogens with one attached hydrogen (secondary N) is 1. The summed E-state index contributed by atoms with van der Waals surface area (Å²) in [6.07, 6.45) is 0.677. The number of hydrogen-bond donors (Lipinski definition) is 1. The zero-order valence-electron chi connectivity index (χ0n) is 18.5. The van der Waals surface area contributed by atoms with Crippen molar-refractivity contribution in [3.63, 3.8) is 0 Å². The highest BCUT2D eigenvalue weighted by molar-refractivity contribution is 6.12. The van der Waals surface area contributed by atoms with E-state index in [1.165, 1.54) is 13.2 Å². The summed E-state index contributed by atoms with van der Waals surface area (Å²) < 4.78 is 25.3. The highest BCUT2D eigenvalue weighted by Crippen LogP contribution is 2.46. The summed E-state index contributed by atoms with van der Waals surface area (Å²) in [4.78, 5) is 39.0. The molecule has 3 rings (SSSR count). The average Bonchev–Trinajstić information content (AvgIpc) is 2.72. The first-order chi connectivity index (χ1) is 14.7. The van der Waals surface area contributed by atoms with Gasteiger partial charge in [0.25, 0.3) is 0 Å². The lowest BCUT2D eigenvalue weighted by atomic mass is 9.69. The van der Waals surface area contributed by atoms with Crippen molar-refractivity contribution in [2.75, 3.05) is 7.11 Å². The van der Waals surface area contributed by atoms with Gasteiger partial charge in [0.05, 0.1) is 24.7 Å². The van der Waals surface area contributed by atoms with Gasteiger partial charge in [0, 0.05) is 22.5 Å². The molecule has 1 aromatic rings. The van der Waals surface area contributed by atoms with E-state index < -0.39 is 35.4 Å². The van der Waals surface area contributed by atoms with Gasteiger partial charge in [-0.3, -0.25) is 9.59 Å². The lowest BCUT2D eigenvalue weighted by molar-refractivity contribution is -0.151. The Morgan fingerprint density at radius 3 is 2.58 bits per heavy atom. The Morgan fingerprint density at radius 1 is 1.29 bits per heavy atom. The molecule has 0 unspecified atom stereocenters. The summed E-state index contributed by atoms with van der Waals surface area (Å²) in [6.45, 7) is 7.18. The molecule has 1 N–H and O–H groups in total. The SMILES string of the molecule is CC[C@@H](C)OC(=O)C1=C(C)NC2=C(C(=O)[C@H](C(=O)OC)[C@@H](C)C2)[C@@H]1c1ccccc1F. The van der Waals surface area contributed by atoms with Gasteiger partial charge >= 0.3 is 11.9 Å². The van der Waals surface area contributed by atoms with Gasteiger partial charge in [-0.25, -0.2) is 9.18 Å². The van der Waals surface area contributed by atoms with Gasteiger partial charge in [-0.05, 0) is 38.7 Å². The van der Waals surface area contributed by atoms with Gasteiger partial charge in [-0.1, -0.05) is 32.0 Å². The van der Waals surface area contributed by atoms with Crippen LogP contribution in [0, 0.1) is 17.7 Å². The number of halogens is 1. The molecular formula is C24H28FNO5. The van der Waals surface area contributed by atoms with Crippen LogP contribution in [-0.4, -0.2) is 30.9 Å². The second kappa shape index (κ2) is 9.04. The molecule has 1 aromatic carbocycles. The number of methoxy groups -OCH3 is 1. The van der Waals surface area contributed by atoms with Crippen LogP contribution in [0.4, 0.5) is 4.39 Å². The fourth-order valence-corrected chi connectivity index (χ4v) is 4.30. The van der Waals surface area contributed by atoms with Crippen LogP contribution in [0.1, 0.15) is 52.0 Å². The number of ketones is 1. The second-order valence-electron chi connectivity index (χ2n) is 8.18. The molecule has 1 heterocycles. The van der Waals surface area contributed by atoms with E-state index in [2.05, 4.69) is 5.32 Å². The van der Waals surface area contributed by atoms with E-state index in [9.17, 15) is 18.8 Å². The lowest BCUT2D eigenvalue weighted by Gasteiger charge is -2.38. The van der Waals surface area contributed by atoms with Crippen molar-refractivity contribution in [2.24, 2.45) is 11.8 Å². The first-order valence-corrected chi connectivity index (χ1v) is 10.5. The molecule has 1 aliphatic carbocycles. The minimum Gasteiger partial charge on any atom is -0.468 e. The van der Waals surface area contributed by atoms with Crippen LogP contribution in [0.2, 0.25) is 0 Å². The molecule has 0 amide bonds. The van der Waals surface area contributed by atoms with E-state index in [0.29, 0.717) is 24.2 Å². The number of carbonyl (C=O) groups is 3. The van der Waals surface area contributed by atoms with E-state index >= 15 is 0 Å².